The summed E-state index contributed by atoms with van der Waals surface area (Å²) in [5.74, 6) is 0.926. The first kappa shape index (κ1) is 16.4. The Balaban J connectivity index is 1.85. The first-order valence-corrected chi connectivity index (χ1v) is 9.14. The number of ether oxygens (including phenoxy) is 1. The van der Waals surface area contributed by atoms with Crippen molar-refractivity contribution in [1.29, 1.82) is 0 Å². The molecule has 2 aromatic rings. The Morgan fingerprint density at radius 3 is 2.22 bits per heavy atom. The SMILES string of the molecule is COc1ccc(C2SC(c3ccccc3)CCC2N(C)C)cc1. The van der Waals surface area contributed by atoms with Crippen molar-refractivity contribution in [3.63, 3.8) is 0 Å². The molecule has 3 atom stereocenters. The molecule has 0 spiro atoms. The van der Waals surface area contributed by atoms with Crippen molar-refractivity contribution >= 4 is 11.8 Å². The van der Waals surface area contributed by atoms with E-state index < -0.39 is 0 Å². The summed E-state index contributed by atoms with van der Waals surface area (Å²) in [5, 5.41) is 1.08. The smallest absolute Gasteiger partial charge is 0.118 e. The van der Waals surface area contributed by atoms with Gasteiger partial charge < -0.3 is 9.64 Å². The fraction of sp³-hybridized carbons (Fsp3) is 0.400. The van der Waals surface area contributed by atoms with Crippen LogP contribution < -0.4 is 4.74 Å². The van der Waals surface area contributed by atoms with Crippen molar-refractivity contribution in [3.05, 3.63) is 65.7 Å². The van der Waals surface area contributed by atoms with Crippen molar-refractivity contribution in [3.8, 4) is 5.75 Å². The lowest BCUT2D eigenvalue weighted by Gasteiger charge is -2.39. The van der Waals surface area contributed by atoms with E-state index in [-0.39, 0.29) is 0 Å². The van der Waals surface area contributed by atoms with Gasteiger partial charge in [-0.2, -0.15) is 0 Å². The minimum Gasteiger partial charge on any atom is -0.497 e. The van der Waals surface area contributed by atoms with Crippen molar-refractivity contribution in [2.24, 2.45) is 0 Å². The third-order valence-electron chi connectivity index (χ3n) is 4.66. The minimum absolute atomic E-state index is 0.495. The lowest BCUT2D eigenvalue weighted by Crippen LogP contribution is -2.35. The number of thioether (sulfide) groups is 1. The van der Waals surface area contributed by atoms with Crippen molar-refractivity contribution in [1.82, 2.24) is 4.90 Å². The topological polar surface area (TPSA) is 12.5 Å². The van der Waals surface area contributed by atoms with Crippen LogP contribution in [0, 0.1) is 0 Å². The van der Waals surface area contributed by atoms with Gasteiger partial charge in [0.15, 0.2) is 0 Å². The molecule has 23 heavy (non-hydrogen) atoms. The van der Waals surface area contributed by atoms with E-state index in [1.165, 1.54) is 24.0 Å². The van der Waals surface area contributed by atoms with E-state index in [4.69, 9.17) is 4.74 Å². The van der Waals surface area contributed by atoms with Crippen LogP contribution in [0.3, 0.4) is 0 Å². The van der Waals surface area contributed by atoms with Gasteiger partial charge in [-0.25, -0.2) is 0 Å². The minimum atomic E-state index is 0.495. The molecular weight excluding hydrogens is 302 g/mol. The third kappa shape index (κ3) is 3.73. The highest BCUT2D eigenvalue weighted by atomic mass is 32.2. The normalized spacial score (nSPS) is 24.6. The molecule has 3 heteroatoms. The molecule has 0 aromatic heterocycles. The molecule has 1 heterocycles. The maximum atomic E-state index is 5.30. The highest BCUT2D eigenvalue weighted by Crippen LogP contribution is 2.51. The van der Waals surface area contributed by atoms with E-state index in [0.29, 0.717) is 16.5 Å². The summed E-state index contributed by atoms with van der Waals surface area (Å²) in [7, 11) is 6.12. The second-order valence-corrected chi connectivity index (χ2v) is 7.69. The second-order valence-electron chi connectivity index (χ2n) is 6.34. The van der Waals surface area contributed by atoms with E-state index in [0.717, 1.165) is 5.75 Å². The molecule has 2 aromatic carbocycles. The van der Waals surface area contributed by atoms with Crippen molar-refractivity contribution < 1.29 is 4.74 Å². The lowest BCUT2D eigenvalue weighted by atomic mass is 9.96. The Morgan fingerprint density at radius 1 is 0.913 bits per heavy atom. The highest BCUT2D eigenvalue weighted by Gasteiger charge is 2.34. The van der Waals surface area contributed by atoms with E-state index in [2.05, 4.69) is 85.4 Å². The third-order valence-corrected chi connectivity index (χ3v) is 6.38. The number of likely N-dealkylation sites (N-methyl/N-ethyl adjacent to an activating group) is 1. The number of benzene rings is 2. The van der Waals surface area contributed by atoms with Gasteiger partial charge in [-0.15, -0.1) is 11.8 Å². The number of hydrogen-bond acceptors (Lipinski definition) is 3. The van der Waals surface area contributed by atoms with Crippen LogP contribution in [-0.2, 0) is 0 Å². The van der Waals surface area contributed by atoms with E-state index in [1.54, 1.807) is 7.11 Å². The number of rotatable bonds is 4. The molecule has 0 bridgehead atoms. The average molecular weight is 327 g/mol. The van der Waals surface area contributed by atoms with Crippen LogP contribution in [0.5, 0.6) is 5.75 Å². The van der Waals surface area contributed by atoms with Crippen LogP contribution in [0.15, 0.2) is 54.6 Å². The van der Waals surface area contributed by atoms with E-state index in [9.17, 15) is 0 Å². The van der Waals surface area contributed by atoms with Crippen LogP contribution in [0.2, 0.25) is 0 Å². The molecule has 0 radical (unpaired) electrons. The molecule has 0 saturated carbocycles. The lowest BCUT2D eigenvalue weighted by molar-refractivity contribution is 0.260. The van der Waals surface area contributed by atoms with Gasteiger partial charge in [-0.1, -0.05) is 42.5 Å². The molecule has 1 saturated heterocycles. The molecule has 3 rings (SSSR count). The Morgan fingerprint density at radius 2 is 1.61 bits per heavy atom. The zero-order chi connectivity index (χ0) is 16.2. The molecule has 0 amide bonds. The summed E-state index contributed by atoms with van der Waals surface area (Å²) < 4.78 is 5.30. The highest BCUT2D eigenvalue weighted by molar-refractivity contribution is 7.99. The summed E-state index contributed by atoms with van der Waals surface area (Å²) in [4.78, 5) is 2.38. The standard InChI is InChI=1S/C20H25NOS/c1-21(2)18-13-14-19(15-7-5-4-6-8-15)23-20(18)16-9-11-17(22-3)12-10-16/h4-12,18-20H,13-14H2,1-3H3. The summed E-state index contributed by atoms with van der Waals surface area (Å²) in [5.41, 5.74) is 2.85. The van der Waals surface area contributed by atoms with E-state index in [1.807, 2.05) is 0 Å². The van der Waals surface area contributed by atoms with Crippen molar-refractivity contribution in [2.45, 2.75) is 29.4 Å². The molecule has 1 aliphatic rings. The summed E-state index contributed by atoms with van der Waals surface area (Å²) in [6.07, 6.45) is 2.47. The van der Waals surface area contributed by atoms with E-state index >= 15 is 0 Å². The Kier molecular flexibility index (Phi) is 5.29. The van der Waals surface area contributed by atoms with Gasteiger partial charge in [0.05, 0.1) is 7.11 Å². The van der Waals surface area contributed by atoms with Gasteiger partial charge in [0.25, 0.3) is 0 Å². The maximum absolute atomic E-state index is 5.30. The van der Waals surface area contributed by atoms with Crippen LogP contribution in [0.4, 0.5) is 0 Å². The molecule has 3 unspecified atom stereocenters. The molecular formula is C20H25NOS. The molecule has 0 N–H and O–H groups in total. The molecule has 2 nitrogen and oxygen atoms in total. The molecule has 1 aliphatic heterocycles. The van der Waals surface area contributed by atoms with Gasteiger partial charge >= 0.3 is 0 Å². The largest absolute Gasteiger partial charge is 0.497 e. The zero-order valence-corrected chi connectivity index (χ0v) is 14.9. The Bertz CT molecular complexity index is 611. The molecule has 1 fully saturated rings. The Labute approximate surface area is 143 Å². The van der Waals surface area contributed by atoms with Gasteiger partial charge in [0.2, 0.25) is 0 Å². The fourth-order valence-electron chi connectivity index (χ4n) is 3.35. The quantitative estimate of drug-likeness (QED) is 0.789. The first-order valence-electron chi connectivity index (χ1n) is 8.20. The van der Waals surface area contributed by atoms with Crippen LogP contribution in [-0.4, -0.2) is 32.1 Å². The van der Waals surface area contributed by atoms with Gasteiger partial charge in [-0.05, 0) is 50.2 Å². The van der Waals surface area contributed by atoms with Crippen LogP contribution >= 0.6 is 11.8 Å². The average Bonchev–Trinajstić information content (AvgIpc) is 2.62. The van der Waals surface area contributed by atoms with Gasteiger partial charge in [0, 0.05) is 16.5 Å². The fourth-order valence-corrected chi connectivity index (χ4v) is 5.16. The number of nitrogens with zero attached hydrogens (tertiary/aromatic N) is 1. The second kappa shape index (κ2) is 7.41. The van der Waals surface area contributed by atoms with Crippen molar-refractivity contribution in [2.75, 3.05) is 21.2 Å². The summed E-state index contributed by atoms with van der Waals surface area (Å²) in [6, 6.07) is 20.1. The summed E-state index contributed by atoms with van der Waals surface area (Å²) in [6.45, 7) is 0. The maximum Gasteiger partial charge on any atom is 0.118 e. The molecule has 122 valence electrons. The predicted molar refractivity (Wildman–Crippen MR) is 99.2 cm³/mol. The van der Waals surface area contributed by atoms with Crippen LogP contribution in [0.1, 0.15) is 34.5 Å². The predicted octanol–water partition coefficient (Wildman–Crippen LogP) is 4.93. The monoisotopic (exact) mass is 327 g/mol. The number of hydrogen-bond donors (Lipinski definition) is 0. The van der Waals surface area contributed by atoms with Crippen LogP contribution in [0.25, 0.3) is 0 Å². The summed E-state index contributed by atoms with van der Waals surface area (Å²) >= 11 is 2.11. The van der Waals surface area contributed by atoms with Gasteiger partial charge in [-0.3, -0.25) is 0 Å². The first-order chi connectivity index (χ1) is 11.2. The Hall–Kier alpha value is -1.45. The number of methoxy groups -OCH3 is 1. The van der Waals surface area contributed by atoms with Gasteiger partial charge in [0.1, 0.15) is 5.75 Å². The zero-order valence-electron chi connectivity index (χ0n) is 14.1. The molecule has 0 aliphatic carbocycles.